The molecule has 0 aliphatic heterocycles. The first-order valence-electron chi connectivity index (χ1n) is 7.82. The predicted molar refractivity (Wildman–Crippen MR) is 91.9 cm³/mol. The van der Waals surface area contributed by atoms with Gasteiger partial charge < -0.3 is 9.30 Å². The first-order chi connectivity index (χ1) is 11.6. The van der Waals surface area contributed by atoms with Gasteiger partial charge in [0.25, 0.3) is 0 Å². The second-order valence-electron chi connectivity index (χ2n) is 5.43. The van der Waals surface area contributed by atoms with Gasteiger partial charge in [-0.05, 0) is 43.7 Å². The number of benzene rings is 2. The molecule has 1 aromatic heterocycles. The molecule has 0 spiro atoms. The maximum absolute atomic E-state index is 13.7. The molecule has 0 unspecified atom stereocenters. The van der Waals surface area contributed by atoms with Crippen molar-refractivity contribution in [3.05, 3.63) is 77.7 Å². The molecular formula is C20H18FNO2. The van der Waals surface area contributed by atoms with E-state index < -0.39 is 0 Å². The molecule has 0 atom stereocenters. The standard InChI is InChI=1S/C20H18FNO2/c1-3-24-20(23)18-13-19(15-8-5-4-6-9-15)22(14(18)2)17-11-7-10-16(21)12-17/h4-13H,3H2,1-2H3. The topological polar surface area (TPSA) is 31.2 Å². The Kier molecular flexibility index (Phi) is 4.47. The van der Waals surface area contributed by atoms with Crippen LogP contribution >= 0.6 is 0 Å². The predicted octanol–water partition coefficient (Wildman–Crippen LogP) is 4.77. The summed E-state index contributed by atoms with van der Waals surface area (Å²) in [5.74, 6) is -0.695. The molecule has 3 aromatic rings. The molecular weight excluding hydrogens is 305 g/mol. The van der Waals surface area contributed by atoms with Crippen LogP contribution in [0.25, 0.3) is 16.9 Å². The Bertz CT molecular complexity index is 869. The molecule has 0 saturated carbocycles. The molecule has 0 aliphatic carbocycles. The van der Waals surface area contributed by atoms with Gasteiger partial charge in [0, 0.05) is 11.4 Å². The van der Waals surface area contributed by atoms with Gasteiger partial charge in [-0.15, -0.1) is 0 Å². The highest BCUT2D eigenvalue weighted by molar-refractivity contribution is 5.93. The van der Waals surface area contributed by atoms with Crippen molar-refractivity contribution in [2.24, 2.45) is 0 Å². The Hall–Kier alpha value is -2.88. The van der Waals surface area contributed by atoms with Gasteiger partial charge in [-0.25, -0.2) is 9.18 Å². The monoisotopic (exact) mass is 323 g/mol. The molecule has 0 aliphatic rings. The van der Waals surface area contributed by atoms with E-state index >= 15 is 0 Å². The van der Waals surface area contributed by atoms with E-state index in [4.69, 9.17) is 4.74 Å². The molecule has 0 bridgehead atoms. The highest BCUT2D eigenvalue weighted by Gasteiger charge is 2.20. The molecule has 0 radical (unpaired) electrons. The molecule has 4 heteroatoms. The van der Waals surface area contributed by atoms with Crippen molar-refractivity contribution < 1.29 is 13.9 Å². The summed E-state index contributed by atoms with van der Waals surface area (Å²) in [5, 5.41) is 0. The highest BCUT2D eigenvalue weighted by atomic mass is 19.1. The Morgan fingerprint density at radius 2 is 1.83 bits per heavy atom. The van der Waals surface area contributed by atoms with Crippen LogP contribution in [0.15, 0.2) is 60.7 Å². The minimum atomic E-state index is -0.373. The minimum absolute atomic E-state index is 0.310. The Morgan fingerprint density at radius 1 is 1.08 bits per heavy atom. The summed E-state index contributed by atoms with van der Waals surface area (Å²) in [6, 6.07) is 17.8. The Labute approximate surface area is 140 Å². The Balaban J connectivity index is 2.23. The van der Waals surface area contributed by atoms with Crippen LogP contribution in [0.2, 0.25) is 0 Å². The van der Waals surface area contributed by atoms with Crippen LogP contribution in [0.5, 0.6) is 0 Å². The van der Waals surface area contributed by atoms with E-state index in [0.717, 1.165) is 17.0 Å². The number of nitrogens with zero attached hydrogens (tertiary/aromatic N) is 1. The third-order valence-corrected chi connectivity index (χ3v) is 3.88. The van der Waals surface area contributed by atoms with E-state index in [2.05, 4.69) is 0 Å². The van der Waals surface area contributed by atoms with Crippen LogP contribution in [0, 0.1) is 12.7 Å². The zero-order valence-electron chi connectivity index (χ0n) is 13.6. The van der Waals surface area contributed by atoms with Gasteiger partial charge in [0.15, 0.2) is 0 Å². The smallest absolute Gasteiger partial charge is 0.339 e. The largest absolute Gasteiger partial charge is 0.462 e. The molecule has 0 amide bonds. The van der Waals surface area contributed by atoms with E-state index in [1.165, 1.54) is 12.1 Å². The van der Waals surface area contributed by atoms with E-state index in [1.54, 1.807) is 19.1 Å². The fourth-order valence-electron chi connectivity index (χ4n) is 2.79. The maximum atomic E-state index is 13.7. The number of aromatic nitrogens is 1. The van der Waals surface area contributed by atoms with Crippen LogP contribution in [0.1, 0.15) is 23.0 Å². The van der Waals surface area contributed by atoms with Crippen LogP contribution in [0.3, 0.4) is 0 Å². The molecule has 0 N–H and O–H groups in total. The zero-order chi connectivity index (χ0) is 17.1. The van der Waals surface area contributed by atoms with Crippen molar-refractivity contribution in [3.8, 4) is 16.9 Å². The van der Waals surface area contributed by atoms with Crippen LogP contribution in [0.4, 0.5) is 4.39 Å². The quantitative estimate of drug-likeness (QED) is 0.648. The number of hydrogen-bond acceptors (Lipinski definition) is 2. The fourth-order valence-corrected chi connectivity index (χ4v) is 2.79. The van der Waals surface area contributed by atoms with Gasteiger partial charge in [-0.1, -0.05) is 36.4 Å². The molecule has 24 heavy (non-hydrogen) atoms. The lowest BCUT2D eigenvalue weighted by molar-refractivity contribution is 0.0525. The third-order valence-electron chi connectivity index (χ3n) is 3.88. The summed E-state index contributed by atoms with van der Waals surface area (Å²) < 4.78 is 20.7. The van der Waals surface area contributed by atoms with Gasteiger partial charge >= 0.3 is 5.97 Å². The molecule has 1 heterocycles. The van der Waals surface area contributed by atoms with Crippen molar-refractivity contribution in [2.45, 2.75) is 13.8 Å². The summed E-state index contributed by atoms with van der Waals surface area (Å²) in [4.78, 5) is 12.3. The Morgan fingerprint density at radius 3 is 2.50 bits per heavy atom. The number of esters is 1. The second-order valence-corrected chi connectivity index (χ2v) is 5.43. The molecule has 122 valence electrons. The fraction of sp³-hybridized carbons (Fsp3) is 0.150. The average molecular weight is 323 g/mol. The molecule has 0 saturated heterocycles. The number of ether oxygens (including phenoxy) is 1. The summed E-state index contributed by atoms with van der Waals surface area (Å²) >= 11 is 0. The van der Waals surface area contributed by atoms with E-state index in [9.17, 15) is 9.18 Å². The van der Waals surface area contributed by atoms with Gasteiger partial charge in [-0.2, -0.15) is 0 Å². The number of carbonyl (C=O) groups excluding carboxylic acids is 1. The summed E-state index contributed by atoms with van der Waals surface area (Å²) in [6.07, 6.45) is 0. The van der Waals surface area contributed by atoms with Gasteiger partial charge in [0.2, 0.25) is 0 Å². The highest BCUT2D eigenvalue weighted by Crippen LogP contribution is 2.30. The van der Waals surface area contributed by atoms with Crippen molar-refractivity contribution >= 4 is 5.97 Å². The first-order valence-corrected chi connectivity index (χ1v) is 7.82. The average Bonchev–Trinajstić information content (AvgIpc) is 2.93. The van der Waals surface area contributed by atoms with Crippen LogP contribution in [-0.2, 0) is 4.74 Å². The van der Waals surface area contributed by atoms with Gasteiger partial charge in [0.1, 0.15) is 5.82 Å². The van der Waals surface area contributed by atoms with Crippen molar-refractivity contribution in [2.75, 3.05) is 6.61 Å². The summed E-state index contributed by atoms with van der Waals surface area (Å²) in [6.45, 7) is 3.92. The maximum Gasteiger partial charge on any atom is 0.339 e. The minimum Gasteiger partial charge on any atom is -0.462 e. The summed E-state index contributed by atoms with van der Waals surface area (Å²) in [7, 11) is 0. The number of rotatable bonds is 4. The van der Waals surface area contributed by atoms with E-state index in [0.29, 0.717) is 17.9 Å². The second kappa shape index (κ2) is 6.71. The van der Waals surface area contributed by atoms with Crippen LogP contribution in [-0.4, -0.2) is 17.1 Å². The zero-order valence-corrected chi connectivity index (χ0v) is 13.6. The van der Waals surface area contributed by atoms with E-state index in [1.807, 2.05) is 47.9 Å². The van der Waals surface area contributed by atoms with Crippen LogP contribution < -0.4 is 0 Å². The van der Waals surface area contributed by atoms with Gasteiger partial charge in [0.05, 0.1) is 17.9 Å². The molecule has 0 fully saturated rings. The van der Waals surface area contributed by atoms with Crippen molar-refractivity contribution in [3.63, 3.8) is 0 Å². The number of hydrogen-bond donors (Lipinski definition) is 0. The normalized spacial score (nSPS) is 10.6. The molecule has 2 aromatic carbocycles. The lowest BCUT2D eigenvalue weighted by Gasteiger charge is -2.12. The van der Waals surface area contributed by atoms with E-state index in [-0.39, 0.29) is 11.8 Å². The summed E-state index contributed by atoms with van der Waals surface area (Å²) in [5.41, 5.74) is 3.64. The lowest BCUT2D eigenvalue weighted by Crippen LogP contribution is -2.07. The number of halogens is 1. The molecule has 3 nitrogen and oxygen atoms in total. The van der Waals surface area contributed by atoms with Gasteiger partial charge in [-0.3, -0.25) is 0 Å². The molecule has 3 rings (SSSR count). The number of carbonyl (C=O) groups is 1. The van der Waals surface area contributed by atoms with Crippen molar-refractivity contribution in [1.82, 2.24) is 4.57 Å². The lowest BCUT2D eigenvalue weighted by atomic mass is 10.1. The van der Waals surface area contributed by atoms with Crippen molar-refractivity contribution in [1.29, 1.82) is 0 Å². The SMILES string of the molecule is CCOC(=O)c1cc(-c2ccccc2)n(-c2cccc(F)c2)c1C. The first kappa shape index (κ1) is 16.0. The third kappa shape index (κ3) is 2.95.